The standard InChI is InChI=1S/C18H30N2O3S/c1-15(20-24(22)18(2,3)4)10-8-9-13-19-17(21)23-14-16-11-6-5-7-12-16/h5-7,11-12,15,20H,8-10,13-14H2,1-4H3,(H,19,21)/t15-,24+/m0/s1. The maximum Gasteiger partial charge on any atom is 0.407 e. The predicted molar refractivity (Wildman–Crippen MR) is 99.0 cm³/mol. The number of nitrogens with one attached hydrogen (secondary N) is 2. The third-order valence-electron chi connectivity index (χ3n) is 3.41. The fourth-order valence-corrected chi connectivity index (χ4v) is 2.80. The van der Waals surface area contributed by atoms with E-state index in [4.69, 9.17) is 4.74 Å². The van der Waals surface area contributed by atoms with Crippen LogP contribution in [0.25, 0.3) is 0 Å². The molecule has 0 aliphatic heterocycles. The molecule has 1 aromatic carbocycles. The lowest BCUT2D eigenvalue weighted by Crippen LogP contribution is -2.43. The van der Waals surface area contributed by atoms with Gasteiger partial charge in [-0.2, -0.15) is 0 Å². The van der Waals surface area contributed by atoms with Gasteiger partial charge < -0.3 is 14.6 Å². The van der Waals surface area contributed by atoms with Crippen LogP contribution in [0.15, 0.2) is 30.3 Å². The number of carbonyl (C=O) groups is 1. The monoisotopic (exact) mass is 354 g/mol. The van der Waals surface area contributed by atoms with Gasteiger partial charge >= 0.3 is 6.09 Å². The highest BCUT2D eigenvalue weighted by Gasteiger charge is 2.27. The zero-order valence-corrected chi connectivity index (χ0v) is 15.9. The second kappa shape index (κ2) is 10.6. The molecule has 5 nitrogen and oxygen atoms in total. The average Bonchev–Trinajstić information content (AvgIpc) is 2.52. The number of unbranched alkanes of at least 4 members (excludes halogenated alkanes) is 1. The largest absolute Gasteiger partial charge is 0.598 e. The minimum atomic E-state index is -1.04. The van der Waals surface area contributed by atoms with Crippen molar-refractivity contribution < 1.29 is 14.1 Å². The molecular formula is C18H30N2O3S. The molecule has 0 radical (unpaired) electrons. The normalized spacial score (nSPS) is 14.0. The highest BCUT2D eigenvalue weighted by Crippen LogP contribution is 2.14. The van der Waals surface area contributed by atoms with Crippen molar-refractivity contribution in [2.75, 3.05) is 6.54 Å². The Hall–Kier alpha value is -1.24. The maximum absolute atomic E-state index is 12.0. The quantitative estimate of drug-likeness (QED) is 0.526. The van der Waals surface area contributed by atoms with Gasteiger partial charge in [-0.1, -0.05) is 30.3 Å². The van der Waals surface area contributed by atoms with Crippen molar-refractivity contribution in [2.45, 2.75) is 64.4 Å². The molecule has 24 heavy (non-hydrogen) atoms. The third kappa shape index (κ3) is 9.15. The molecule has 2 N–H and O–H groups in total. The van der Waals surface area contributed by atoms with Crippen LogP contribution >= 0.6 is 0 Å². The molecule has 0 saturated heterocycles. The van der Waals surface area contributed by atoms with Crippen LogP contribution in [0.2, 0.25) is 0 Å². The zero-order valence-electron chi connectivity index (χ0n) is 15.1. The summed E-state index contributed by atoms with van der Waals surface area (Å²) in [6, 6.07) is 9.79. The lowest BCUT2D eigenvalue weighted by Gasteiger charge is -2.26. The van der Waals surface area contributed by atoms with Gasteiger partial charge in [0.15, 0.2) is 0 Å². The summed E-state index contributed by atoms with van der Waals surface area (Å²) in [4.78, 5) is 11.6. The summed E-state index contributed by atoms with van der Waals surface area (Å²) in [7, 11) is 0. The summed E-state index contributed by atoms with van der Waals surface area (Å²) in [6.45, 7) is 8.76. The Labute approximate surface area is 148 Å². The Morgan fingerprint density at radius 1 is 1.25 bits per heavy atom. The van der Waals surface area contributed by atoms with Gasteiger partial charge in [0.25, 0.3) is 0 Å². The first kappa shape index (κ1) is 20.8. The number of hydrogen-bond acceptors (Lipinski definition) is 4. The van der Waals surface area contributed by atoms with Gasteiger partial charge in [0.05, 0.1) is 0 Å². The number of rotatable bonds is 9. The average molecular weight is 355 g/mol. The molecule has 1 aromatic rings. The second-order valence-corrected chi connectivity index (χ2v) is 8.88. The molecule has 0 aliphatic carbocycles. The zero-order chi connectivity index (χ0) is 18.0. The van der Waals surface area contributed by atoms with E-state index in [1.165, 1.54) is 0 Å². The number of alkyl carbamates (subject to hydrolysis) is 1. The van der Waals surface area contributed by atoms with Gasteiger partial charge in [-0.05, 0) is 52.5 Å². The summed E-state index contributed by atoms with van der Waals surface area (Å²) in [6.07, 6.45) is 2.35. The van der Waals surface area contributed by atoms with E-state index in [1.807, 2.05) is 58.0 Å². The van der Waals surface area contributed by atoms with E-state index in [0.717, 1.165) is 24.8 Å². The first-order valence-electron chi connectivity index (χ1n) is 8.41. The van der Waals surface area contributed by atoms with Crippen LogP contribution in [0, 0.1) is 0 Å². The molecule has 0 bridgehead atoms. The molecule has 0 unspecified atom stereocenters. The molecule has 0 aliphatic rings. The van der Waals surface area contributed by atoms with Crippen LogP contribution in [0.4, 0.5) is 4.79 Å². The molecule has 0 fully saturated rings. The van der Waals surface area contributed by atoms with Crippen molar-refractivity contribution in [3.63, 3.8) is 0 Å². The topological polar surface area (TPSA) is 73.4 Å². The summed E-state index contributed by atoms with van der Waals surface area (Å²) in [5.41, 5.74) is 0.972. The fourth-order valence-electron chi connectivity index (χ4n) is 1.96. The number of amides is 1. The van der Waals surface area contributed by atoms with Crippen molar-refractivity contribution >= 4 is 17.5 Å². The number of hydrogen-bond donors (Lipinski definition) is 2. The van der Waals surface area contributed by atoms with Crippen molar-refractivity contribution in [1.29, 1.82) is 0 Å². The van der Waals surface area contributed by atoms with Gasteiger partial charge in [-0.25, -0.2) is 4.79 Å². The Balaban J connectivity index is 2.06. The van der Waals surface area contributed by atoms with E-state index in [1.54, 1.807) is 0 Å². The van der Waals surface area contributed by atoms with E-state index in [9.17, 15) is 9.35 Å². The highest BCUT2D eigenvalue weighted by atomic mass is 32.2. The predicted octanol–water partition coefficient (Wildman–Crippen LogP) is 3.52. The molecule has 6 heteroatoms. The van der Waals surface area contributed by atoms with E-state index >= 15 is 0 Å². The number of carbonyl (C=O) groups excluding carboxylic acids is 1. The van der Waals surface area contributed by atoms with E-state index < -0.39 is 11.4 Å². The van der Waals surface area contributed by atoms with Gasteiger partial charge in [-0.3, -0.25) is 0 Å². The van der Waals surface area contributed by atoms with Gasteiger partial charge in [0, 0.05) is 23.9 Å². The lowest BCUT2D eigenvalue weighted by molar-refractivity contribution is 0.139. The number of ether oxygens (including phenoxy) is 1. The van der Waals surface area contributed by atoms with Crippen LogP contribution in [0.5, 0.6) is 0 Å². The third-order valence-corrected chi connectivity index (χ3v) is 5.14. The Kier molecular flexibility index (Phi) is 9.18. The molecule has 0 spiro atoms. The summed E-state index contributed by atoms with van der Waals surface area (Å²) in [5.74, 6) is 0. The van der Waals surface area contributed by atoms with E-state index in [-0.39, 0.29) is 23.5 Å². The van der Waals surface area contributed by atoms with Crippen LogP contribution < -0.4 is 10.0 Å². The summed E-state index contributed by atoms with van der Waals surface area (Å²) in [5, 5.41) is 2.75. The molecule has 2 atom stereocenters. The van der Waals surface area contributed by atoms with Crippen LogP contribution in [-0.4, -0.2) is 28.0 Å². The van der Waals surface area contributed by atoms with Crippen molar-refractivity contribution in [3.8, 4) is 0 Å². The van der Waals surface area contributed by atoms with Crippen LogP contribution in [0.1, 0.15) is 52.5 Å². The molecule has 0 heterocycles. The summed E-state index contributed by atoms with van der Waals surface area (Å²) < 4.78 is 20.0. The maximum atomic E-state index is 12.0. The van der Waals surface area contributed by atoms with Crippen LogP contribution in [0.3, 0.4) is 0 Å². The Morgan fingerprint density at radius 3 is 2.54 bits per heavy atom. The summed E-state index contributed by atoms with van der Waals surface area (Å²) >= 11 is -1.04. The van der Waals surface area contributed by atoms with E-state index in [2.05, 4.69) is 10.0 Å². The van der Waals surface area contributed by atoms with Crippen molar-refractivity contribution in [1.82, 2.24) is 10.0 Å². The van der Waals surface area contributed by atoms with Gasteiger partial charge in [0.2, 0.25) is 0 Å². The minimum absolute atomic E-state index is 0.190. The minimum Gasteiger partial charge on any atom is -0.598 e. The molecule has 0 aromatic heterocycles. The Bertz CT molecular complexity index is 477. The van der Waals surface area contributed by atoms with E-state index in [0.29, 0.717) is 6.54 Å². The molecule has 1 rings (SSSR count). The molecule has 136 valence electrons. The first-order chi connectivity index (χ1) is 11.3. The lowest BCUT2D eigenvalue weighted by atomic mass is 10.1. The fraction of sp³-hybridized carbons (Fsp3) is 0.611. The second-order valence-electron chi connectivity index (χ2n) is 6.88. The molecule has 1 amide bonds. The van der Waals surface area contributed by atoms with Crippen LogP contribution in [-0.2, 0) is 22.7 Å². The first-order valence-corrected chi connectivity index (χ1v) is 9.56. The SMILES string of the molecule is C[C@@H](CCCCNC(=O)OCc1ccccc1)N[S@+]([O-])C(C)(C)C. The number of benzene rings is 1. The van der Waals surface area contributed by atoms with Gasteiger partial charge in [-0.15, -0.1) is 4.72 Å². The molecule has 0 saturated carbocycles. The smallest absolute Gasteiger partial charge is 0.407 e. The van der Waals surface area contributed by atoms with Gasteiger partial charge in [0.1, 0.15) is 11.4 Å². The highest BCUT2D eigenvalue weighted by molar-refractivity contribution is 7.90. The Morgan fingerprint density at radius 2 is 1.92 bits per heavy atom. The van der Waals surface area contributed by atoms with Crippen molar-refractivity contribution in [2.24, 2.45) is 0 Å². The molecular weight excluding hydrogens is 324 g/mol. The van der Waals surface area contributed by atoms with Crippen molar-refractivity contribution in [3.05, 3.63) is 35.9 Å².